The largest absolute Gasteiger partial charge is 0.384 e. The highest BCUT2D eigenvalue weighted by atomic mass is 16.5. The molecular formula is C10H21NO. The molecule has 0 spiro atoms. The molecular weight excluding hydrogens is 150 g/mol. The Morgan fingerprint density at radius 2 is 2.17 bits per heavy atom. The van der Waals surface area contributed by atoms with Crippen molar-refractivity contribution in [3.63, 3.8) is 0 Å². The highest BCUT2D eigenvalue weighted by Crippen LogP contribution is 2.34. The predicted molar refractivity (Wildman–Crippen MR) is 51.2 cm³/mol. The van der Waals surface area contributed by atoms with Crippen molar-refractivity contribution in [3.05, 3.63) is 0 Å². The number of rotatable bonds is 6. The molecule has 0 bridgehead atoms. The van der Waals surface area contributed by atoms with Crippen molar-refractivity contribution in [2.75, 3.05) is 20.8 Å². The Bertz CT molecular complexity index is 123. The molecule has 0 radical (unpaired) electrons. The van der Waals surface area contributed by atoms with Crippen molar-refractivity contribution in [2.24, 2.45) is 11.8 Å². The lowest BCUT2D eigenvalue weighted by atomic mass is 9.99. The van der Waals surface area contributed by atoms with Gasteiger partial charge in [0.15, 0.2) is 0 Å². The number of ether oxygens (including phenoxy) is 1. The van der Waals surface area contributed by atoms with E-state index in [1.54, 1.807) is 7.11 Å². The molecule has 0 amide bonds. The fourth-order valence-electron chi connectivity index (χ4n) is 1.83. The van der Waals surface area contributed by atoms with Gasteiger partial charge in [0, 0.05) is 19.8 Å². The Morgan fingerprint density at radius 1 is 1.50 bits per heavy atom. The van der Waals surface area contributed by atoms with Crippen LogP contribution in [0, 0.1) is 11.8 Å². The van der Waals surface area contributed by atoms with Crippen LogP contribution in [0.1, 0.15) is 26.2 Å². The zero-order valence-corrected chi connectivity index (χ0v) is 8.47. The van der Waals surface area contributed by atoms with Crippen LogP contribution in [0.4, 0.5) is 0 Å². The highest BCUT2D eigenvalue weighted by molar-refractivity contribution is 4.86. The third-order valence-electron chi connectivity index (χ3n) is 2.67. The summed E-state index contributed by atoms with van der Waals surface area (Å²) < 4.78 is 5.12. The number of methoxy groups -OCH3 is 1. The molecule has 12 heavy (non-hydrogen) atoms. The smallest absolute Gasteiger partial charge is 0.0488 e. The summed E-state index contributed by atoms with van der Waals surface area (Å²) >= 11 is 0. The van der Waals surface area contributed by atoms with Crippen LogP contribution >= 0.6 is 0 Å². The Morgan fingerprint density at radius 3 is 2.58 bits per heavy atom. The summed E-state index contributed by atoms with van der Waals surface area (Å²) in [5, 5.41) is 3.40. The summed E-state index contributed by atoms with van der Waals surface area (Å²) in [5.41, 5.74) is 0. The lowest BCUT2D eigenvalue weighted by Crippen LogP contribution is -2.30. The van der Waals surface area contributed by atoms with Crippen LogP contribution in [0.25, 0.3) is 0 Å². The molecule has 2 nitrogen and oxygen atoms in total. The lowest BCUT2D eigenvalue weighted by Gasteiger charge is -2.19. The van der Waals surface area contributed by atoms with Crippen molar-refractivity contribution in [1.82, 2.24) is 5.32 Å². The van der Waals surface area contributed by atoms with Crippen LogP contribution in [-0.4, -0.2) is 26.8 Å². The molecule has 0 aromatic carbocycles. The molecule has 0 aliphatic heterocycles. The van der Waals surface area contributed by atoms with Crippen LogP contribution in [0.3, 0.4) is 0 Å². The molecule has 1 aliphatic rings. The quantitative estimate of drug-likeness (QED) is 0.656. The van der Waals surface area contributed by atoms with Gasteiger partial charge < -0.3 is 10.1 Å². The first-order valence-electron chi connectivity index (χ1n) is 4.94. The van der Waals surface area contributed by atoms with Crippen molar-refractivity contribution >= 4 is 0 Å². The zero-order chi connectivity index (χ0) is 8.97. The van der Waals surface area contributed by atoms with Gasteiger partial charge in [0.25, 0.3) is 0 Å². The van der Waals surface area contributed by atoms with Gasteiger partial charge >= 0.3 is 0 Å². The second-order valence-electron chi connectivity index (χ2n) is 4.03. The first kappa shape index (κ1) is 10.0. The maximum Gasteiger partial charge on any atom is 0.0488 e. The van der Waals surface area contributed by atoms with Crippen LogP contribution in [0.5, 0.6) is 0 Å². The van der Waals surface area contributed by atoms with Crippen LogP contribution in [0.2, 0.25) is 0 Å². The Kier molecular flexibility index (Phi) is 4.02. The maximum absolute atomic E-state index is 5.12. The minimum absolute atomic E-state index is 0.688. The van der Waals surface area contributed by atoms with E-state index in [0.717, 1.165) is 18.6 Å². The minimum atomic E-state index is 0.688. The summed E-state index contributed by atoms with van der Waals surface area (Å²) in [4.78, 5) is 0. The zero-order valence-electron chi connectivity index (χ0n) is 8.47. The molecule has 1 saturated carbocycles. The molecule has 2 heteroatoms. The maximum atomic E-state index is 5.12. The second kappa shape index (κ2) is 4.83. The average Bonchev–Trinajstić information content (AvgIpc) is 2.83. The third-order valence-corrected chi connectivity index (χ3v) is 2.67. The van der Waals surface area contributed by atoms with Gasteiger partial charge in [-0.05, 0) is 38.1 Å². The van der Waals surface area contributed by atoms with E-state index in [9.17, 15) is 0 Å². The van der Waals surface area contributed by atoms with E-state index in [2.05, 4.69) is 19.3 Å². The number of hydrogen-bond acceptors (Lipinski definition) is 2. The molecule has 2 unspecified atom stereocenters. The SMILES string of the molecule is CNC(CC(C)COC)C1CC1. The van der Waals surface area contributed by atoms with E-state index in [0.29, 0.717) is 5.92 Å². The fourth-order valence-corrected chi connectivity index (χ4v) is 1.83. The molecule has 0 heterocycles. The van der Waals surface area contributed by atoms with E-state index in [-0.39, 0.29) is 0 Å². The van der Waals surface area contributed by atoms with Gasteiger partial charge in [-0.25, -0.2) is 0 Å². The fraction of sp³-hybridized carbons (Fsp3) is 1.00. The van der Waals surface area contributed by atoms with Crippen molar-refractivity contribution in [1.29, 1.82) is 0 Å². The van der Waals surface area contributed by atoms with Gasteiger partial charge in [0.2, 0.25) is 0 Å². The summed E-state index contributed by atoms with van der Waals surface area (Å²) in [6.45, 7) is 3.15. The first-order chi connectivity index (χ1) is 5.77. The monoisotopic (exact) mass is 171 g/mol. The van der Waals surface area contributed by atoms with E-state index in [1.165, 1.54) is 19.3 Å². The molecule has 1 rings (SSSR count). The average molecular weight is 171 g/mol. The topological polar surface area (TPSA) is 21.3 Å². The van der Waals surface area contributed by atoms with E-state index < -0.39 is 0 Å². The lowest BCUT2D eigenvalue weighted by molar-refractivity contribution is 0.148. The summed E-state index contributed by atoms with van der Waals surface area (Å²) in [6, 6.07) is 0.732. The van der Waals surface area contributed by atoms with Gasteiger partial charge in [-0.3, -0.25) is 0 Å². The normalized spacial score (nSPS) is 22.2. The van der Waals surface area contributed by atoms with Crippen molar-refractivity contribution in [3.8, 4) is 0 Å². The van der Waals surface area contributed by atoms with Crippen molar-refractivity contribution in [2.45, 2.75) is 32.2 Å². The Hall–Kier alpha value is -0.0800. The van der Waals surface area contributed by atoms with E-state index in [1.807, 2.05) is 0 Å². The van der Waals surface area contributed by atoms with Gasteiger partial charge in [-0.15, -0.1) is 0 Å². The molecule has 1 N–H and O–H groups in total. The van der Waals surface area contributed by atoms with Gasteiger partial charge in [-0.1, -0.05) is 6.92 Å². The molecule has 1 aliphatic carbocycles. The van der Waals surface area contributed by atoms with Gasteiger partial charge in [-0.2, -0.15) is 0 Å². The van der Waals surface area contributed by atoms with Crippen LogP contribution in [-0.2, 0) is 4.74 Å². The predicted octanol–water partition coefficient (Wildman–Crippen LogP) is 1.66. The summed E-state index contributed by atoms with van der Waals surface area (Å²) in [7, 11) is 3.85. The molecule has 2 atom stereocenters. The molecule has 0 aromatic rings. The Balaban J connectivity index is 2.16. The first-order valence-corrected chi connectivity index (χ1v) is 4.94. The number of hydrogen-bond donors (Lipinski definition) is 1. The van der Waals surface area contributed by atoms with Gasteiger partial charge in [0.1, 0.15) is 0 Å². The van der Waals surface area contributed by atoms with E-state index in [4.69, 9.17) is 4.74 Å². The minimum Gasteiger partial charge on any atom is -0.384 e. The van der Waals surface area contributed by atoms with Crippen LogP contribution in [0.15, 0.2) is 0 Å². The third kappa shape index (κ3) is 3.11. The van der Waals surface area contributed by atoms with Crippen LogP contribution < -0.4 is 5.32 Å². The number of nitrogens with one attached hydrogen (secondary N) is 1. The standard InChI is InChI=1S/C10H21NO/c1-8(7-12-3)6-10(11-2)9-4-5-9/h8-11H,4-7H2,1-3H3. The Labute approximate surface area is 75.7 Å². The molecule has 0 aromatic heterocycles. The van der Waals surface area contributed by atoms with E-state index >= 15 is 0 Å². The van der Waals surface area contributed by atoms with Crippen molar-refractivity contribution < 1.29 is 4.74 Å². The highest BCUT2D eigenvalue weighted by Gasteiger charge is 2.30. The summed E-state index contributed by atoms with van der Waals surface area (Å²) in [5.74, 6) is 1.64. The second-order valence-corrected chi connectivity index (χ2v) is 4.03. The molecule has 72 valence electrons. The summed E-state index contributed by atoms with van der Waals surface area (Å²) in [6.07, 6.45) is 4.10. The molecule has 0 saturated heterocycles. The molecule has 1 fully saturated rings. The van der Waals surface area contributed by atoms with Gasteiger partial charge in [0.05, 0.1) is 0 Å².